The van der Waals surface area contributed by atoms with E-state index in [-0.39, 0.29) is 23.7 Å². The molecule has 1 aliphatic rings. The standard InChI is InChI=1S/C13H19F2N3/c1-4-9-6-5-8(2)18(9)13-11(15)7-10(14)12(16-3)17-13/h7-9H,4-6H2,1-3H3,(H,16,17). The summed E-state index contributed by atoms with van der Waals surface area (Å²) < 4.78 is 27.3. The largest absolute Gasteiger partial charge is 0.371 e. The molecule has 1 aliphatic heterocycles. The molecule has 0 radical (unpaired) electrons. The maximum absolute atomic E-state index is 13.9. The van der Waals surface area contributed by atoms with Crippen molar-refractivity contribution in [1.82, 2.24) is 4.98 Å². The highest BCUT2D eigenvalue weighted by atomic mass is 19.1. The highest BCUT2D eigenvalue weighted by molar-refractivity contribution is 5.51. The molecule has 0 aromatic carbocycles. The molecule has 2 atom stereocenters. The molecule has 1 aromatic heterocycles. The molecular weight excluding hydrogens is 236 g/mol. The minimum Gasteiger partial charge on any atom is -0.371 e. The summed E-state index contributed by atoms with van der Waals surface area (Å²) in [5.41, 5.74) is 0. The molecule has 1 aromatic rings. The van der Waals surface area contributed by atoms with Gasteiger partial charge < -0.3 is 10.2 Å². The van der Waals surface area contributed by atoms with Crippen molar-refractivity contribution in [2.75, 3.05) is 17.3 Å². The Labute approximate surface area is 106 Å². The number of pyridine rings is 1. The summed E-state index contributed by atoms with van der Waals surface area (Å²) in [5.74, 6) is -0.879. The van der Waals surface area contributed by atoms with Crippen LogP contribution < -0.4 is 10.2 Å². The maximum atomic E-state index is 13.9. The number of hydrogen-bond donors (Lipinski definition) is 1. The summed E-state index contributed by atoms with van der Waals surface area (Å²) in [5, 5.41) is 2.65. The minimum absolute atomic E-state index is 0.0975. The molecule has 0 saturated carbocycles. The van der Waals surface area contributed by atoms with Crippen LogP contribution in [0.25, 0.3) is 0 Å². The van der Waals surface area contributed by atoms with Crippen molar-refractivity contribution in [3.63, 3.8) is 0 Å². The molecule has 0 spiro atoms. The fourth-order valence-corrected chi connectivity index (χ4v) is 2.67. The molecule has 0 bridgehead atoms. The van der Waals surface area contributed by atoms with Gasteiger partial charge in [0.2, 0.25) is 0 Å². The van der Waals surface area contributed by atoms with Crippen LogP contribution in [0.3, 0.4) is 0 Å². The van der Waals surface area contributed by atoms with Gasteiger partial charge >= 0.3 is 0 Å². The summed E-state index contributed by atoms with van der Waals surface area (Å²) in [6, 6.07) is 1.44. The van der Waals surface area contributed by atoms with Crippen LogP contribution in [0.2, 0.25) is 0 Å². The lowest BCUT2D eigenvalue weighted by Crippen LogP contribution is -2.35. The van der Waals surface area contributed by atoms with Crippen molar-refractivity contribution in [3.05, 3.63) is 17.7 Å². The molecule has 5 heteroatoms. The van der Waals surface area contributed by atoms with E-state index in [9.17, 15) is 8.78 Å². The third-order valence-electron chi connectivity index (χ3n) is 3.65. The van der Waals surface area contributed by atoms with E-state index in [1.807, 2.05) is 4.90 Å². The molecule has 2 rings (SSSR count). The van der Waals surface area contributed by atoms with Gasteiger partial charge in [0, 0.05) is 25.2 Å². The average Bonchev–Trinajstić information content (AvgIpc) is 2.71. The van der Waals surface area contributed by atoms with Crippen molar-refractivity contribution in [1.29, 1.82) is 0 Å². The average molecular weight is 255 g/mol. The predicted molar refractivity (Wildman–Crippen MR) is 69.0 cm³/mol. The lowest BCUT2D eigenvalue weighted by atomic mass is 10.1. The molecule has 2 unspecified atom stereocenters. The van der Waals surface area contributed by atoms with Crippen molar-refractivity contribution in [3.8, 4) is 0 Å². The van der Waals surface area contributed by atoms with Gasteiger partial charge in [0.05, 0.1) is 0 Å². The molecule has 3 nitrogen and oxygen atoms in total. The lowest BCUT2D eigenvalue weighted by molar-refractivity contribution is 0.550. The number of nitrogens with one attached hydrogen (secondary N) is 1. The van der Waals surface area contributed by atoms with Crippen LogP contribution in [-0.4, -0.2) is 24.1 Å². The first-order valence-electron chi connectivity index (χ1n) is 6.40. The van der Waals surface area contributed by atoms with E-state index in [4.69, 9.17) is 0 Å². The molecule has 1 saturated heterocycles. The van der Waals surface area contributed by atoms with E-state index in [1.54, 1.807) is 7.05 Å². The first-order chi connectivity index (χ1) is 8.58. The quantitative estimate of drug-likeness (QED) is 0.899. The minimum atomic E-state index is -0.654. The van der Waals surface area contributed by atoms with E-state index in [0.717, 1.165) is 25.3 Å². The van der Waals surface area contributed by atoms with E-state index < -0.39 is 11.6 Å². The van der Waals surface area contributed by atoms with Gasteiger partial charge in [-0.05, 0) is 26.2 Å². The van der Waals surface area contributed by atoms with Gasteiger partial charge in [-0.2, -0.15) is 0 Å². The van der Waals surface area contributed by atoms with Crippen LogP contribution in [0, 0.1) is 11.6 Å². The maximum Gasteiger partial charge on any atom is 0.168 e. The summed E-state index contributed by atoms with van der Waals surface area (Å²) >= 11 is 0. The highest BCUT2D eigenvalue weighted by Crippen LogP contribution is 2.33. The van der Waals surface area contributed by atoms with Crippen LogP contribution >= 0.6 is 0 Å². The lowest BCUT2D eigenvalue weighted by Gasteiger charge is -2.29. The SMILES string of the molecule is CCC1CCC(C)N1c1nc(NC)c(F)cc1F. The van der Waals surface area contributed by atoms with Crippen molar-refractivity contribution >= 4 is 11.6 Å². The number of aromatic nitrogens is 1. The summed E-state index contributed by atoms with van der Waals surface area (Å²) in [6.45, 7) is 4.13. The van der Waals surface area contributed by atoms with Gasteiger partial charge in [-0.15, -0.1) is 0 Å². The molecule has 100 valence electrons. The first-order valence-corrected chi connectivity index (χ1v) is 6.40. The van der Waals surface area contributed by atoms with Crippen LogP contribution in [0.1, 0.15) is 33.1 Å². The summed E-state index contributed by atoms with van der Waals surface area (Å²) in [7, 11) is 1.58. The number of nitrogens with zero attached hydrogens (tertiary/aromatic N) is 2. The monoisotopic (exact) mass is 255 g/mol. The zero-order valence-corrected chi connectivity index (χ0v) is 11.0. The second-order valence-corrected chi connectivity index (χ2v) is 4.77. The molecule has 1 N–H and O–H groups in total. The highest BCUT2D eigenvalue weighted by Gasteiger charge is 2.32. The Balaban J connectivity index is 2.43. The second-order valence-electron chi connectivity index (χ2n) is 4.77. The summed E-state index contributed by atoms with van der Waals surface area (Å²) in [6.07, 6.45) is 2.99. The Morgan fingerprint density at radius 2 is 2.11 bits per heavy atom. The van der Waals surface area contributed by atoms with Crippen molar-refractivity contribution in [2.24, 2.45) is 0 Å². The fourth-order valence-electron chi connectivity index (χ4n) is 2.67. The molecule has 0 aliphatic carbocycles. The summed E-state index contributed by atoms with van der Waals surface area (Å²) in [4.78, 5) is 6.07. The van der Waals surface area contributed by atoms with Gasteiger partial charge in [-0.25, -0.2) is 13.8 Å². The third-order valence-corrected chi connectivity index (χ3v) is 3.65. The molecule has 0 amide bonds. The zero-order chi connectivity index (χ0) is 13.3. The third kappa shape index (κ3) is 2.13. The predicted octanol–water partition coefficient (Wildman–Crippen LogP) is 3.17. The fraction of sp³-hybridized carbons (Fsp3) is 0.615. The first kappa shape index (κ1) is 13.1. The number of halogens is 2. The van der Waals surface area contributed by atoms with Gasteiger partial charge in [0.1, 0.15) is 0 Å². The van der Waals surface area contributed by atoms with Gasteiger partial charge in [0.15, 0.2) is 23.3 Å². The van der Waals surface area contributed by atoms with Crippen LogP contribution in [0.4, 0.5) is 20.4 Å². The Morgan fingerprint density at radius 1 is 1.39 bits per heavy atom. The van der Waals surface area contributed by atoms with Crippen molar-refractivity contribution < 1.29 is 8.78 Å². The Bertz CT molecular complexity index is 436. The molecule has 18 heavy (non-hydrogen) atoms. The van der Waals surface area contributed by atoms with Gasteiger partial charge in [0.25, 0.3) is 0 Å². The topological polar surface area (TPSA) is 28.2 Å². The van der Waals surface area contributed by atoms with Crippen LogP contribution in [0.15, 0.2) is 6.07 Å². The Morgan fingerprint density at radius 3 is 2.72 bits per heavy atom. The smallest absolute Gasteiger partial charge is 0.168 e. The van der Waals surface area contributed by atoms with Gasteiger partial charge in [-0.1, -0.05) is 6.92 Å². The number of anilines is 2. The second kappa shape index (κ2) is 5.08. The molecule has 2 heterocycles. The van der Waals surface area contributed by atoms with E-state index in [0.29, 0.717) is 0 Å². The Kier molecular flexibility index (Phi) is 3.68. The van der Waals surface area contributed by atoms with E-state index in [2.05, 4.69) is 24.1 Å². The van der Waals surface area contributed by atoms with Crippen molar-refractivity contribution in [2.45, 2.75) is 45.2 Å². The normalized spacial score (nSPS) is 23.5. The zero-order valence-electron chi connectivity index (χ0n) is 11.0. The van der Waals surface area contributed by atoms with E-state index in [1.165, 1.54) is 0 Å². The Hall–Kier alpha value is -1.39. The van der Waals surface area contributed by atoms with E-state index >= 15 is 0 Å². The molecular formula is C13H19F2N3. The van der Waals surface area contributed by atoms with Crippen LogP contribution in [0.5, 0.6) is 0 Å². The number of rotatable bonds is 3. The molecule has 1 fully saturated rings. The van der Waals surface area contributed by atoms with Crippen LogP contribution in [-0.2, 0) is 0 Å². The number of hydrogen-bond acceptors (Lipinski definition) is 3. The van der Waals surface area contributed by atoms with Gasteiger partial charge in [-0.3, -0.25) is 0 Å².